The number of ether oxygens (including phenoxy) is 2. The number of methoxy groups -OCH3 is 1. The average Bonchev–Trinajstić information content (AvgIpc) is 2.83. The summed E-state index contributed by atoms with van der Waals surface area (Å²) in [5.74, 6) is -0.109. The van der Waals surface area contributed by atoms with Crippen LogP contribution in [-0.2, 0) is 29.6 Å². The first-order valence-electron chi connectivity index (χ1n) is 11.2. The molecule has 1 aliphatic heterocycles. The molecule has 1 N–H and O–H groups in total. The van der Waals surface area contributed by atoms with Crippen molar-refractivity contribution in [3.05, 3.63) is 47.0 Å². The van der Waals surface area contributed by atoms with Crippen LogP contribution in [0.25, 0.3) is 0 Å². The van der Waals surface area contributed by atoms with Crippen molar-refractivity contribution in [1.82, 2.24) is 4.31 Å². The molecule has 1 heterocycles. The molecule has 1 aliphatic rings. The summed E-state index contributed by atoms with van der Waals surface area (Å²) in [6.07, 6.45) is 1.31. The van der Waals surface area contributed by atoms with E-state index in [1.807, 2.05) is 0 Å². The van der Waals surface area contributed by atoms with E-state index in [1.54, 1.807) is 25.1 Å². The second-order valence-corrected chi connectivity index (χ2v) is 12.5. The molecule has 10 nitrogen and oxygen atoms in total. The quantitative estimate of drug-likeness (QED) is 0.475. The lowest BCUT2D eigenvalue weighted by molar-refractivity contribution is -0.116. The third kappa shape index (κ3) is 6.68. The van der Waals surface area contributed by atoms with Gasteiger partial charge in [-0.15, -0.1) is 0 Å². The topological polar surface area (TPSA) is 122 Å². The van der Waals surface area contributed by atoms with Crippen molar-refractivity contribution >= 4 is 48.9 Å². The third-order valence-corrected chi connectivity index (χ3v) is 9.21. The van der Waals surface area contributed by atoms with Crippen LogP contribution in [0.4, 0.5) is 11.4 Å². The summed E-state index contributed by atoms with van der Waals surface area (Å²) >= 11 is 6.16. The van der Waals surface area contributed by atoms with Crippen molar-refractivity contribution in [2.24, 2.45) is 0 Å². The van der Waals surface area contributed by atoms with Gasteiger partial charge in [-0.05, 0) is 49.2 Å². The van der Waals surface area contributed by atoms with Gasteiger partial charge in [0, 0.05) is 31.1 Å². The van der Waals surface area contributed by atoms with E-state index in [0.717, 1.165) is 6.26 Å². The number of hydrogen-bond acceptors (Lipinski definition) is 7. The fraction of sp³-hybridized carbons (Fsp3) is 0.435. The fourth-order valence-electron chi connectivity index (χ4n) is 3.81. The molecule has 13 heteroatoms. The molecule has 0 unspecified atom stereocenters. The van der Waals surface area contributed by atoms with Crippen molar-refractivity contribution in [2.45, 2.75) is 24.7 Å². The van der Waals surface area contributed by atoms with Crippen LogP contribution in [0, 0.1) is 6.92 Å². The second-order valence-electron chi connectivity index (χ2n) is 8.25. The molecule has 2 aromatic rings. The van der Waals surface area contributed by atoms with Gasteiger partial charge in [-0.2, -0.15) is 4.31 Å². The molecule has 1 fully saturated rings. The van der Waals surface area contributed by atoms with Gasteiger partial charge in [-0.25, -0.2) is 16.8 Å². The highest BCUT2D eigenvalue weighted by atomic mass is 35.5. The number of nitrogens with one attached hydrogen (secondary N) is 1. The average molecular weight is 560 g/mol. The van der Waals surface area contributed by atoms with Crippen LogP contribution in [0.2, 0.25) is 5.02 Å². The Kier molecular flexibility index (Phi) is 9.23. The van der Waals surface area contributed by atoms with E-state index in [9.17, 15) is 21.6 Å². The Morgan fingerprint density at radius 3 is 2.50 bits per heavy atom. The molecule has 0 aromatic heterocycles. The zero-order valence-corrected chi connectivity index (χ0v) is 22.7. The van der Waals surface area contributed by atoms with Gasteiger partial charge in [-0.1, -0.05) is 17.7 Å². The second kappa shape index (κ2) is 11.8. The normalized spacial score (nSPS) is 14.9. The van der Waals surface area contributed by atoms with Crippen LogP contribution in [0.3, 0.4) is 0 Å². The van der Waals surface area contributed by atoms with Gasteiger partial charge in [0.25, 0.3) is 0 Å². The van der Waals surface area contributed by atoms with Gasteiger partial charge in [0.15, 0.2) is 0 Å². The number of hydrogen-bond donors (Lipinski definition) is 1. The number of rotatable bonds is 10. The van der Waals surface area contributed by atoms with Gasteiger partial charge < -0.3 is 14.8 Å². The molecule has 0 saturated carbocycles. The van der Waals surface area contributed by atoms with Crippen LogP contribution in [-0.4, -0.2) is 73.3 Å². The highest BCUT2D eigenvalue weighted by Crippen LogP contribution is 2.30. The first-order valence-corrected chi connectivity index (χ1v) is 14.9. The fourth-order valence-corrected chi connectivity index (χ4v) is 6.43. The smallest absolute Gasteiger partial charge is 0.243 e. The van der Waals surface area contributed by atoms with E-state index in [4.69, 9.17) is 21.1 Å². The Morgan fingerprint density at radius 2 is 1.86 bits per heavy atom. The van der Waals surface area contributed by atoms with Gasteiger partial charge in [0.2, 0.25) is 26.0 Å². The minimum atomic E-state index is -3.77. The van der Waals surface area contributed by atoms with Crippen LogP contribution < -0.4 is 14.4 Å². The molecule has 0 radical (unpaired) electrons. The SMILES string of the molecule is COc1ccc(S(=O)(=O)N2CCOCC2)cc1NC(=O)CCCN(c1cccc(Cl)c1C)S(C)(=O)=O. The molecule has 0 atom stereocenters. The molecule has 3 rings (SSSR count). The minimum Gasteiger partial charge on any atom is -0.495 e. The molecule has 198 valence electrons. The first kappa shape index (κ1) is 28.2. The van der Waals surface area contributed by atoms with E-state index in [1.165, 1.54) is 33.9 Å². The summed E-state index contributed by atoms with van der Waals surface area (Å²) < 4.78 is 63.9. The van der Waals surface area contributed by atoms with Gasteiger partial charge in [0.1, 0.15) is 5.75 Å². The van der Waals surface area contributed by atoms with Crippen LogP contribution in [0.15, 0.2) is 41.3 Å². The zero-order chi connectivity index (χ0) is 26.5. The lowest BCUT2D eigenvalue weighted by atomic mass is 10.2. The van der Waals surface area contributed by atoms with Crippen molar-refractivity contribution in [1.29, 1.82) is 0 Å². The van der Waals surface area contributed by atoms with Crippen LogP contribution in [0.5, 0.6) is 5.75 Å². The molecule has 2 aromatic carbocycles. The summed E-state index contributed by atoms with van der Waals surface area (Å²) in [6, 6.07) is 9.27. The molecule has 0 bridgehead atoms. The number of carbonyl (C=O) groups excluding carboxylic acids is 1. The number of halogens is 1. The number of anilines is 2. The summed E-state index contributed by atoms with van der Waals surface area (Å²) in [5.41, 5.74) is 1.28. The van der Waals surface area contributed by atoms with E-state index >= 15 is 0 Å². The number of morpholine rings is 1. The van der Waals surface area contributed by atoms with Crippen molar-refractivity contribution in [3.8, 4) is 5.75 Å². The molecule has 0 spiro atoms. The first-order chi connectivity index (χ1) is 16.9. The van der Waals surface area contributed by atoms with Gasteiger partial charge in [-0.3, -0.25) is 9.10 Å². The summed E-state index contributed by atoms with van der Waals surface area (Å²) in [6.45, 7) is 2.93. The summed E-state index contributed by atoms with van der Waals surface area (Å²) in [5, 5.41) is 3.13. The number of carbonyl (C=O) groups is 1. The molecule has 1 saturated heterocycles. The van der Waals surface area contributed by atoms with Crippen molar-refractivity contribution in [2.75, 3.05) is 55.8 Å². The Balaban J connectivity index is 1.71. The Hall–Kier alpha value is -2.38. The lowest BCUT2D eigenvalue weighted by Crippen LogP contribution is -2.40. The highest BCUT2D eigenvalue weighted by Gasteiger charge is 2.27. The maximum absolute atomic E-state index is 13.0. The van der Waals surface area contributed by atoms with E-state index in [-0.39, 0.29) is 43.1 Å². The zero-order valence-electron chi connectivity index (χ0n) is 20.4. The molecule has 36 heavy (non-hydrogen) atoms. The van der Waals surface area contributed by atoms with E-state index < -0.39 is 26.0 Å². The molecular formula is C23H30ClN3O7S2. The molecular weight excluding hydrogens is 530 g/mol. The monoisotopic (exact) mass is 559 g/mol. The Bertz CT molecular complexity index is 1310. The number of sulfonamides is 2. The van der Waals surface area contributed by atoms with Gasteiger partial charge >= 0.3 is 0 Å². The number of nitrogens with zero attached hydrogens (tertiary/aromatic N) is 2. The largest absolute Gasteiger partial charge is 0.495 e. The van der Waals surface area contributed by atoms with Gasteiger partial charge in [0.05, 0.1) is 42.8 Å². The maximum atomic E-state index is 13.0. The minimum absolute atomic E-state index is 0.00473. The van der Waals surface area contributed by atoms with Crippen molar-refractivity contribution in [3.63, 3.8) is 0 Å². The third-order valence-electron chi connectivity index (χ3n) is 5.73. The predicted molar refractivity (Wildman–Crippen MR) is 139 cm³/mol. The van der Waals surface area contributed by atoms with Crippen molar-refractivity contribution < 1.29 is 31.1 Å². The van der Waals surface area contributed by atoms with Crippen LogP contribution in [0.1, 0.15) is 18.4 Å². The summed E-state index contributed by atoms with van der Waals surface area (Å²) in [4.78, 5) is 12.7. The lowest BCUT2D eigenvalue weighted by Gasteiger charge is -2.26. The Labute approximate surface area is 217 Å². The number of benzene rings is 2. The molecule has 1 amide bonds. The molecule has 0 aliphatic carbocycles. The van der Waals surface area contributed by atoms with E-state index in [0.29, 0.717) is 35.2 Å². The predicted octanol–water partition coefficient (Wildman–Crippen LogP) is 2.86. The standard InChI is InChI=1S/C23H30ClN3O7S2/c1-17-19(24)6-4-7-21(17)27(35(3,29)30)11-5-8-23(28)25-20-16-18(9-10-22(20)33-2)36(31,32)26-12-14-34-15-13-26/h4,6-7,9-10,16H,5,8,11-15H2,1-3H3,(H,25,28). The van der Waals surface area contributed by atoms with E-state index in [2.05, 4.69) is 5.32 Å². The Morgan fingerprint density at radius 1 is 1.17 bits per heavy atom. The highest BCUT2D eigenvalue weighted by molar-refractivity contribution is 7.92. The number of amides is 1. The van der Waals surface area contributed by atoms with Crippen LogP contribution >= 0.6 is 11.6 Å². The summed E-state index contributed by atoms with van der Waals surface area (Å²) in [7, 11) is -5.97. The maximum Gasteiger partial charge on any atom is 0.243 e.